The first-order valence-corrected chi connectivity index (χ1v) is 12.0. The van der Waals surface area contributed by atoms with E-state index in [0.29, 0.717) is 0 Å². The predicted octanol–water partition coefficient (Wildman–Crippen LogP) is 5.61. The Kier molecular flexibility index (Phi) is 7.87. The molecule has 3 aromatic rings. The van der Waals surface area contributed by atoms with Crippen LogP contribution in [0.2, 0.25) is 0 Å². The van der Waals surface area contributed by atoms with Gasteiger partial charge in [0.15, 0.2) is 0 Å². The standard InChI is InChI=1S/C20H32N2O.C6H4F2N4/c1-14-8-10-22(11-9-14)18(23)15-12-16(19(2,3)4)21-17(13-15)20(5,6)7;7-5(8)4-1-2-12-6(11-4)9-3-10-12/h12-14H,8-11H2,1-7H3;1-3,5H. The Morgan fingerprint density at radius 3 is 2.09 bits per heavy atom. The van der Waals surface area contributed by atoms with Crippen molar-refractivity contribution >= 4 is 11.7 Å². The maximum atomic E-state index is 13.0. The smallest absolute Gasteiger partial charge is 0.280 e. The van der Waals surface area contributed by atoms with Gasteiger partial charge in [0.25, 0.3) is 18.1 Å². The molecule has 0 aliphatic carbocycles. The van der Waals surface area contributed by atoms with E-state index in [4.69, 9.17) is 4.98 Å². The Bertz CT molecular complexity index is 1120. The van der Waals surface area contributed by atoms with Crippen molar-refractivity contribution in [3.8, 4) is 0 Å². The fourth-order valence-corrected chi connectivity index (χ4v) is 3.67. The van der Waals surface area contributed by atoms with Crippen molar-refractivity contribution in [1.82, 2.24) is 29.5 Å². The lowest BCUT2D eigenvalue weighted by molar-refractivity contribution is 0.0696. The van der Waals surface area contributed by atoms with Gasteiger partial charge in [-0.3, -0.25) is 9.78 Å². The SMILES string of the molecule is CC1CCN(C(=O)c2cc(C(C)(C)C)nc(C(C)(C)C)c2)CC1.FC(F)c1ccn2ncnc2n1. The number of hydrogen-bond donors (Lipinski definition) is 0. The molecule has 0 radical (unpaired) electrons. The molecule has 190 valence electrons. The highest BCUT2D eigenvalue weighted by molar-refractivity contribution is 5.94. The van der Waals surface area contributed by atoms with Gasteiger partial charge in [0.2, 0.25) is 0 Å². The summed E-state index contributed by atoms with van der Waals surface area (Å²) in [6.07, 6.45) is 2.31. The molecule has 35 heavy (non-hydrogen) atoms. The van der Waals surface area contributed by atoms with E-state index in [1.165, 1.54) is 23.1 Å². The number of carbonyl (C=O) groups excluding carboxylic acids is 1. The molecular formula is C26H36F2N6O. The van der Waals surface area contributed by atoms with Gasteiger partial charge in [-0.25, -0.2) is 18.3 Å². The number of alkyl halides is 2. The molecule has 0 unspecified atom stereocenters. The minimum atomic E-state index is -2.56. The van der Waals surface area contributed by atoms with Crippen molar-refractivity contribution in [2.24, 2.45) is 5.92 Å². The summed E-state index contributed by atoms with van der Waals surface area (Å²) in [5.41, 5.74) is 2.39. The Labute approximate surface area is 206 Å². The van der Waals surface area contributed by atoms with Gasteiger partial charge in [-0.2, -0.15) is 10.1 Å². The molecule has 1 saturated heterocycles. The van der Waals surface area contributed by atoms with Crippen LogP contribution in [0.4, 0.5) is 8.78 Å². The van der Waals surface area contributed by atoms with Crippen molar-refractivity contribution in [3.63, 3.8) is 0 Å². The van der Waals surface area contributed by atoms with Gasteiger partial charge in [0.05, 0.1) is 0 Å². The Morgan fingerprint density at radius 1 is 1.00 bits per heavy atom. The number of rotatable bonds is 2. The average Bonchev–Trinajstić information content (AvgIpc) is 3.26. The van der Waals surface area contributed by atoms with Crippen LogP contribution in [0.1, 0.15) is 95.2 Å². The summed E-state index contributed by atoms with van der Waals surface area (Å²) in [5, 5.41) is 3.72. The maximum Gasteiger partial charge on any atom is 0.280 e. The normalized spacial score (nSPS) is 15.3. The minimum absolute atomic E-state index is 0.0628. The molecule has 0 atom stereocenters. The van der Waals surface area contributed by atoms with E-state index in [2.05, 4.69) is 63.5 Å². The highest BCUT2D eigenvalue weighted by Crippen LogP contribution is 2.28. The Morgan fingerprint density at radius 2 is 1.57 bits per heavy atom. The van der Waals surface area contributed by atoms with Gasteiger partial charge < -0.3 is 4.90 Å². The number of fused-ring (bicyclic) bond motifs is 1. The summed E-state index contributed by atoms with van der Waals surface area (Å²) in [5.74, 6) is 1.08. The van der Waals surface area contributed by atoms with E-state index in [1.54, 1.807) is 0 Å². The molecule has 0 aromatic carbocycles. The number of amides is 1. The summed E-state index contributed by atoms with van der Waals surface area (Å²) in [6, 6.07) is 5.21. The van der Waals surface area contributed by atoms with Crippen LogP contribution >= 0.6 is 0 Å². The number of likely N-dealkylation sites (tertiary alicyclic amines) is 1. The number of aromatic nitrogens is 5. The third-order valence-corrected chi connectivity index (χ3v) is 6.07. The number of halogens is 2. The zero-order chi connectivity index (χ0) is 26.0. The minimum Gasteiger partial charge on any atom is -0.339 e. The zero-order valence-corrected chi connectivity index (χ0v) is 21.7. The largest absolute Gasteiger partial charge is 0.339 e. The second-order valence-electron chi connectivity index (χ2n) is 11.3. The van der Waals surface area contributed by atoms with Gasteiger partial charge in [-0.05, 0) is 37.0 Å². The van der Waals surface area contributed by atoms with E-state index >= 15 is 0 Å². The summed E-state index contributed by atoms with van der Waals surface area (Å²) in [6.45, 7) is 16.9. The predicted molar refractivity (Wildman–Crippen MR) is 132 cm³/mol. The number of piperidine rings is 1. The van der Waals surface area contributed by atoms with E-state index in [9.17, 15) is 13.6 Å². The van der Waals surface area contributed by atoms with Gasteiger partial charge >= 0.3 is 0 Å². The van der Waals surface area contributed by atoms with Crippen LogP contribution in [-0.4, -0.2) is 48.5 Å². The lowest BCUT2D eigenvalue weighted by Crippen LogP contribution is -2.38. The van der Waals surface area contributed by atoms with Gasteiger partial charge in [0, 0.05) is 47.1 Å². The fraction of sp³-hybridized carbons (Fsp3) is 0.577. The summed E-state index contributed by atoms with van der Waals surface area (Å²) in [7, 11) is 0. The molecule has 3 aromatic heterocycles. The fourth-order valence-electron chi connectivity index (χ4n) is 3.67. The molecule has 0 N–H and O–H groups in total. The zero-order valence-electron chi connectivity index (χ0n) is 21.7. The molecule has 1 aliphatic heterocycles. The first kappa shape index (κ1) is 26.6. The van der Waals surface area contributed by atoms with Crippen LogP contribution in [0.25, 0.3) is 5.78 Å². The highest BCUT2D eigenvalue weighted by atomic mass is 19.3. The first-order chi connectivity index (χ1) is 16.3. The number of carbonyl (C=O) groups is 1. The average molecular weight is 487 g/mol. The molecule has 0 saturated carbocycles. The molecule has 7 nitrogen and oxygen atoms in total. The number of nitrogens with zero attached hydrogens (tertiary/aromatic N) is 6. The van der Waals surface area contributed by atoms with E-state index in [0.717, 1.165) is 48.8 Å². The van der Waals surface area contributed by atoms with Crippen molar-refractivity contribution < 1.29 is 13.6 Å². The lowest BCUT2D eigenvalue weighted by atomic mass is 9.86. The molecule has 9 heteroatoms. The van der Waals surface area contributed by atoms with Crippen molar-refractivity contribution in [2.75, 3.05) is 13.1 Å². The van der Waals surface area contributed by atoms with Crippen molar-refractivity contribution in [3.05, 3.63) is 53.4 Å². The Hall–Kier alpha value is -2.97. The molecular weight excluding hydrogens is 450 g/mol. The van der Waals surface area contributed by atoms with Crippen LogP contribution in [0.15, 0.2) is 30.7 Å². The topological polar surface area (TPSA) is 76.3 Å². The Balaban J connectivity index is 0.000000237. The summed E-state index contributed by atoms with van der Waals surface area (Å²) < 4.78 is 25.5. The van der Waals surface area contributed by atoms with Crippen LogP contribution < -0.4 is 0 Å². The van der Waals surface area contributed by atoms with Gasteiger partial charge in [-0.15, -0.1) is 0 Å². The summed E-state index contributed by atoms with van der Waals surface area (Å²) in [4.78, 5) is 27.1. The molecule has 0 bridgehead atoms. The van der Waals surface area contributed by atoms with Crippen LogP contribution in [0, 0.1) is 5.92 Å². The van der Waals surface area contributed by atoms with E-state index in [1.807, 2.05) is 17.0 Å². The van der Waals surface area contributed by atoms with Gasteiger partial charge in [-0.1, -0.05) is 48.5 Å². The van der Waals surface area contributed by atoms with Crippen molar-refractivity contribution in [1.29, 1.82) is 0 Å². The number of hydrogen-bond acceptors (Lipinski definition) is 5. The molecule has 0 spiro atoms. The van der Waals surface area contributed by atoms with E-state index in [-0.39, 0.29) is 28.2 Å². The summed E-state index contributed by atoms with van der Waals surface area (Å²) >= 11 is 0. The molecule has 4 heterocycles. The molecule has 1 aliphatic rings. The quantitative estimate of drug-likeness (QED) is 0.471. The second-order valence-corrected chi connectivity index (χ2v) is 11.3. The van der Waals surface area contributed by atoms with E-state index < -0.39 is 6.43 Å². The van der Waals surface area contributed by atoms with Crippen LogP contribution in [-0.2, 0) is 10.8 Å². The molecule has 1 amide bonds. The first-order valence-electron chi connectivity index (χ1n) is 12.0. The third-order valence-electron chi connectivity index (χ3n) is 6.07. The van der Waals surface area contributed by atoms with Crippen molar-refractivity contribution in [2.45, 2.75) is 78.6 Å². The second kappa shape index (κ2) is 10.3. The van der Waals surface area contributed by atoms with Crippen LogP contribution in [0.5, 0.6) is 0 Å². The molecule has 1 fully saturated rings. The lowest BCUT2D eigenvalue weighted by Gasteiger charge is -2.31. The molecule has 4 rings (SSSR count). The monoisotopic (exact) mass is 486 g/mol. The van der Waals surface area contributed by atoms with Crippen LogP contribution in [0.3, 0.4) is 0 Å². The number of pyridine rings is 1. The van der Waals surface area contributed by atoms with Gasteiger partial charge in [0.1, 0.15) is 12.0 Å². The highest BCUT2D eigenvalue weighted by Gasteiger charge is 2.27. The maximum absolute atomic E-state index is 13.0. The third kappa shape index (κ3) is 6.80.